The lowest BCUT2D eigenvalue weighted by Crippen LogP contribution is -2.44. The first-order valence-electron chi connectivity index (χ1n) is 5.29. The Kier molecular flexibility index (Phi) is 2.53. The van der Waals surface area contributed by atoms with Gasteiger partial charge in [-0.3, -0.25) is 4.40 Å². The molecule has 0 bridgehead atoms. The molecule has 1 saturated heterocycles. The predicted molar refractivity (Wildman–Crippen MR) is 65.8 cm³/mol. The number of fused-ring (bicyclic) bond motifs is 1. The van der Waals surface area contributed by atoms with Gasteiger partial charge < -0.3 is 10.2 Å². The molecule has 0 saturated carbocycles. The third kappa shape index (κ3) is 1.58. The summed E-state index contributed by atoms with van der Waals surface area (Å²) in [6.45, 7) is 3.98. The Morgan fingerprint density at radius 2 is 2.06 bits per heavy atom. The molecule has 0 unspecified atom stereocenters. The molecule has 0 atom stereocenters. The van der Waals surface area contributed by atoms with Crippen LogP contribution in [0.25, 0.3) is 5.65 Å². The van der Waals surface area contributed by atoms with E-state index in [0.717, 1.165) is 42.2 Å². The van der Waals surface area contributed by atoms with Gasteiger partial charge in [-0.25, -0.2) is 9.97 Å². The molecule has 1 fully saturated rings. The van der Waals surface area contributed by atoms with E-state index in [1.807, 2.05) is 16.8 Å². The lowest BCUT2D eigenvalue weighted by molar-refractivity contribution is 0.585. The van der Waals surface area contributed by atoms with Crippen molar-refractivity contribution in [2.24, 2.45) is 0 Å². The van der Waals surface area contributed by atoms with Gasteiger partial charge >= 0.3 is 0 Å². The van der Waals surface area contributed by atoms with Crippen molar-refractivity contribution in [3.05, 3.63) is 23.2 Å². The minimum absolute atomic E-state index is 0.913. The molecule has 0 amide bonds. The lowest BCUT2D eigenvalue weighted by Gasteiger charge is -2.28. The van der Waals surface area contributed by atoms with Crippen molar-refractivity contribution in [1.82, 2.24) is 19.7 Å². The third-order valence-corrected chi connectivity index (χ3v) is 3.37. The van der Waals surface area contributed by atoms with Gasteiger partial charge in [-0.05, 0) is 15.9 Å². The molecule has 2 aromatic heterocycles. The van der Waals surface area contributed by atoms with E-state index in [4.69, 9.17) is 0 Å². The summed E-state index contributed by atoms with van der Waals surface area (Å²) >= 11 is 3.46. The topological polar surface area (TPSA) is 45.5 Å². The Morgan fingerprint density at radius 3 is 2.88 bits per heavy atom. The van der Waals surface area contributed by atoms with Gasteiger partial charge in [0.2, 0.25) is 0 Å². The normalized spacial score (nSPS) is 16.9. The molecule has 0 spiro atoms. The van der Waals surface area contributed by atoms with Crippen LogP contribution in [-0.2, 0) is 0 Å². The van der Waals surface area contributed by atoms with Crippen LogP contribution in [0, 0.1) is 0 Å². The third-order valence-electron chi connectivity index (χ3n) is 2.78. The number of imidazole rings is 1. The smallest absolute Gasteiger partial charge is 0.181 e. The average Bonchev–Trinajstić information content (AvgIpc) is 2.81. The van der Waals surface area contributed by atoms with Crippen LogP contribution in [0.1, 0.15) is 0 Å². The summed E-state index contributed by atoms with van der Waals surface area (Å²) < 4.78 is 2.93. The highest BCUT2D eigenvalue weighted by Gasteiger charge is 2.16. The van der Waals surface area contributed by atoms with Gasteiger partial charge in [-0.1, -0.05) is 0 Å². The maximum Gasteiger partial charge on any atom is 0.181 e. The van der Waals surface area contributed by atoms with Crippen LogP contribution in [-0.4, -0.2) is 40.5 Å². The summed E-state index contributed by atoms with van der Waals surface area (Å²) in [5.74, 6) is 0.967. The number of rotatable bonds is 1. The molecule has 5 nitrogen and oxygen atoms in total. The van der Waals surface area contributed by atoms with Crippen molar-refractivity contribution in [3.8, 4) is 0 Å². The Labute approximate surface area is 102 Å². The molecule has 0 radical (unpaired) electrons. The fourth-order valence-corrected chi connectivity index (χ4v) is 2.36. The van der Waals surface area contributed by atoms with E-state index in [1.165, 1.54) is 0 Å². The van der Waals surface area contributed by atoms with Crippen LogP contribution in [0.3, 0.4) is 0 Å². The van der Waals surface area contributed by atoms with Gasteiger partial charge in [-0.15, -0.1) is 0 Å². The molecule has 3 heterocycles. The van der Waals surface area contributed by atoms with Crippen LogP contribution >= 0.6 is 15.9 Å². The number of piperazine rings is 1. The molecule has 1 aliphatic heterocycles. The van der Waals surface area contributed by atoms with Crippen molar-refractivity contribution in [2.45, 2.75) is 0 Å². The Hall–Kier alpha value is -1.14. The van der Waals surface area contributed by atoms with E-state index in [2.05, 4.69) is 36.1 Å². The minimum atomic E-state index is 0.913. The molecular weight excluding hydrogens is 270 g/mol. The summed E-state index contributed by atoms with van der Waals surface area (Å²) in [6.07, 6.45) is 5.56. The highest BCUT2D eigenvalue weighted by atomic mass is 79.9. The largest absolute Gasteiger partial charge is 0.351 e. The van der Waals surface area contributed by atoms with Gasteiger partial charge in [-0.2, -0.15) is 0 Å². The van der Waals surface area contributed by atoms with Crippen molar-refractivity contribution in [2.75, 3.05) is 31.1 Å². The first-order valence-corrected chi connectivity index (χ1v) is 6.09. The van der Waals surface area contributed by atoms with E-state index >= 15 is 0 Å². The van der Waals surface area contributed by atoms with E-state index in [9.17, 15) is 0 Å². The first kappa shape index (κ1) is 10.0. The Morgan fingerprint density at radius 1 is 1.25 bits per heavy atom. The summed E-state index contributed by atoms with van der Waals surface area (Å²) in [4.78, 5) is 11.1. The van der Waals surface area contributed by atoms with Gasteiger partial charge in [0.15, 0.2) is 11.5 Å². The summed E-state index contributed by atoms with van der Waals surface area (Å²) in [5.41, 5.74) is 0.913. The highest BCUT2D eigenvalue weighted by molar-refractivity contribution is 9.10. The predicted octanol–water partition coefficient (Wildman–Crippen LogP) is 0.901. The second kappa shape index (κ2) is 4.03. The van der Waals surface area contributed by atoms with Crippen molar-refractivity contribution in [1.29, 1.82) is 0 Å². The van der Waals surface area contributed by atoms with Crippen LogP contribution in [0.4, 0.5) is 5.82 Å². The van der Waals surface area contributed by atoms with Gasteiger partial charge in [0.05, 0.1) is 6.20 Å². The summed E-state index contributed by atoms with van der Waals surface area (Å²) in [6, 6.07) is 0. The number of aromatic nitrogens is 3. The van der Waals surface area contributed by atoms with E-state index in [-0.39, 0.29) is 0 Å². The quantitative estimate of drug-likeness (QED) is 0.844. The van der Waals surface area contributed by atoms with Crippen LogP contribution in [0.15, 0.2) is 23.2 Å². The monoisotopic (exact) mass is 281 g/mol. The Balaban J connectivity index is 2.08. The summed E-state index contributed by atoms with van der Waals surface area (Å²) in [7, 11) is 0. The highest BCUT2D eigenvalue weighted by Crippen LogP contribution is 2.21. The molecule has 0 aromatic carbocycles. The number of anilines is 1. The van der Waals surface area contributed by atoms with Crippen molar-refractivity contribution < 1.29 is 0 Å². The zero-order chi connectivity index (χ0) is 11.0. The zero-order valence-electron chi connectivity index (χ0n) is 8.73. The maximum absolute atomic E-state index is 4.47. The minimum Gasteiger partial charge on any atom is -0.351 e. The number of hydrogen-bond acceptors (Lipinski definition) is 4. The molecule has 84 valence electrons. The van der Waals surface area contributed by atoms with Crippen molar-refractivity contribution in [3.63, 3.8) is 0 Å². The molecule has 1 N–H and O–H groups in total. The van der Waals surface area contributed by atoms with Crippen molar-refractivity contribution >= 4 is 27.4 Å². The Bertz CT molecular complexity index is 503. The molecule has 3 rings (SSSR count). The number of hydrogen-bond donors (Lipinski definition) is 1. The van der Waals surface area contributed by atoms with E-state index < -0.39 is 0 Å². The lowest BCUT2D eigenvalue weighted by atomic mass is 10.3. The number of halogens is 1. The van der Waals surface area contributed by atoms with Crippen LogP contribution in [0.5, 0.6) is 0 Å². The second-order valence-electron chi connectivity index (χ2n) is 3.76. The molecule has 2 aromatic rings. The standard InChI is InChI=1S/C10H12BrN5/c11-8-7-14-9(10-13-3-6-16(8)10)15-4-1-12-2-5-15/h3,6-7,12H,1-2,4-5H2. The maximum atomic E-state index is 4.47. The van der Waals surface area contributed by atoms with Crippen LogP contribution in [0.2, 0.25) is 0 Å². The SMILES string of the molecule is Brc1cnc(N2CCNCC2)c2nccn12. The molecule has 0 aliphatic carbocycles. The molecule has 6 heteroatoms. The van der Waals surface area contributed by atoms with E-state index in [0.29, 0.717) is 0 Å². The number of nitrogens with zero attached hydrogens (tertiary/aromatic N) is 4. The van der Waals surface area contributed by atoms with Gasteiger partial charge in [0, 0.05) is 38.6 Å². The van der Waals surface area contributed by atoms with Crippen LogP contribution < -0.4 is 10.2 Å². The first-order chi connectivity index (χ1) is 7.86. The number of nitrogens with one attached hydrogen (secondary N) is 1. The zero-order valence-corrected chi connectivity index (χ0v) is 10.3. The molecule has 1 aliphatic rings. The van der Waals surface area contributed by atoms with Gasteiger partial charge in [0.25, 0.3) is 0 Å². The van der Waals surface area contributed by atoms with Gasteiger partial charge in [0.1, 0.15) is 4.60 Å². The second-order valence-corrected chi connectivity index (χ2v) is 4.57. The average molecular weight is 282 g/mol. The summed E-state index contributed by atoms with van der Waals surface area (Å²) in [5, 5.41) is 3.33. The van der Waals surface area contributed by atoms with E-state index in [1.54, 1.807) is 6.20 Å². The molecule has 16 heavy (non-hydrogen) atoms. The fourth-order valence-electron chi connectivity index (χ4n) is 1.98. The molecular formula is C10H12BrN5. The fraction of sp³-hybridized carbons (Fsp3) is 0.400.